The summed E-state index contributed by atoms with van der Waals surface area (Å²) in [4.78, 5) is 12.9. The smallest absolute Gasteiger partial charge is 0.312 e. The molecule has 0 saturated heterocycles. The van der Waals surface area contributed by atoms with Crippen LogP contribution in [0.1, 0.15) is 78.3 Å². The second kappa shape index (κ2) is 30.7. The van der Waals surface area contributed by atoms with Crippen LogP contribution in [0.4, 0.5) is 106 Å². The van der Waals surface area contributed by atoms with Gasteiger partial charge in [-0.1, -0.05) is 97.1 Å². The van der Waals surface area contributed by atoms with E-state index in [0.29, 0.717) is 39.6 Å². The van der Waals surface area contributed by atoms with Crippen molar-refractivity contribution in [2.24, 2.45) is 23.2 Å². The van der Waals surface area contributed by atoms with Gasteiger partial charge in [0.1, 0.15) is 19.0 Å². The van der Waals surface area contributed by atoms with Crippen LogP contribution in [-0.4, -0.2) is 45.6 Å². The van der Waals surface area contributed by atoms with Crippen molar-refractivity contribution in [1.82, 2.24) is 0 Å². The van der Waals surface area contributed by atoms with E-state index >= 15 is 0 Å². The summed E-state index contributed by atoms with van der Waals surface area (Å²) in [6.45, 7) is 6.07. The third-order valence-corrected chi connectivity index (χ3v) is 17.1. The Kier molecular flexibility index (Phi) is 24.3. The Morgan fingerprint density at radius 1 is 0.364 bits per heavy atom. The number of ether oxygens (including phenoxy) is 4. The number of rotatable bonds is 13. The van der Waals surface area contributed by atoms with Crippen LogP contribution in [0.15, 0.2) is 219 Å². The monoisotopic (exact) mass is 1670 g/mol. The number of aromatic nitrogens is 4. The van der Waals surface area contributed by atoms with Crippen molar-refractivity contribution in [2.45, 2.75) is 71.1 Å². The van der Waals surface area contributed by atoms with Gasteiger partial charge in [0.2, 0.25) is 0 Å². The van der Waals surface area contributed by atoms with Crippen LogP contribution in [-0.2, 0) is 45.2 Å². The first-order chi connectivity index (χ1) is 50.1. The van der Waals surface area contributed by atoms with Gasteiger partial charge < -0.3 is 24.7 Å². The molecule has 0 unspecified atom stereocenters. The second-order valence-corrected chi connectivity index (χ2v) is 34.6. The summed E-state index contributed by atoms with van der Waals surface area (Å²) in [7, 11) is -42.6. The molecule has 0 spiro atoms. The fraction of sp³-hybridized carbons (Fsp3) is 0.292. The molecule has 4 fully saturated rings. The Bertz CT molecular complexity index is 4090. The molecule has 0 atom stereocenters. The number of nitrogens with two attached hydrogens (primary N) is 1. The van der Waals surface area contributed by atoms with Gasteiger partial charge in [0, 0.05) is 76.5 Å². The van der Waals surface area contributed by atoms with Crippen LogP contribution in [0.5, 0.6) is 5.75 Å². The van der Waals surface area contributed by atoms with E-state index in [1.54, 1.807) is 0 Å². The quantitative estimate of drug-likeness (QED) is 0.0309. The van der Waals surface area contributed by atoms with E-state index in [9.17, 15) is 106 Å². The van der Waals surface area contributed by atoms with E-state index in [1.165, 1.54) is 80.5 Å². The fourth-order valence-corrected chi connectivity index (χ4v) is 13.1. The Balaban J connectivity index is 0.000000206. The number of pyridine rings is 4. The van der Waals surface area contributed by atoms with E-state index in [-0.39, 0.29) is 11.4 Å². The van der Waals surface area contributed by atoms with E-state index in [2.05, 4.69) is 213 Å². The summed E-state index contributed by atoms with van der Waals surface area (Å²) in [5.41, 5.74) is 21.3. The maximum absolute atomic E-state index is 12.9. The first kappa shape index (κ1) is 87.3. The summed E-state index contributed by atoms with van der Waals surface area (Å²) in [6.07, 6.45) is 34.0. The minimum atomic E-state index is -10.7. The maximum Gasteiger partial charge on any atom is 0.312 e. The standard InChI is InChI=1S/C36H32N4.C36H43NO5.4F6P/c1-2-30-4-3-29(1)25-37-17-9-33(10-18-37)35-13-21-39(22-14-35)27-31-5-7-32(8-6-31)28-40-23-15-36(16-24-40)34-11-19-38(26-30)20-12-34;37-33-10-6-31(7-11-33)29-2-1-3-30(5-4-29)32-8-12-34(13-9-32)41-18-16-39-14-15-40-17-19-42-35(38)36-23-26-20-27(24-36)22-28(21-26)25-36;4*1-7(2,3,4,5)6/h1-24H,25-28H2;1-2,4-13,26-28H,3,14-25,37H2;;;;/q+4;;4*-1. The summed E-state index contributed by atoms with van der Waals surface area (Å²) in [5.74, 6) is 3.08. The Morgan fingerprint density at radius 3 is 0.973 bits per heavy atom. The Hall–Kier alpha value is -8.27. The van der Waals surface area contributed by atoms with Gasteiger partial charge in [-0.05, 0) is 131 Å². The number of nitrogen functional groups attached to an aromatic ring is 1. The molecule has 606 valence electrons. The van der Waals surface area contributed by atoms with Gasteiger partial charge in [-0.2, -0.15) is 0 Å². The largest absolute Gasteiger partial charge is 0.491 e. The number of anilines is 1. The fourth-order valence-electron chi connectivity index (χ4n) is 13.1. The molecule has 4 aromatic carbocycles. The van der Waals surface area contributed by atoms with Gasteiger partial charge >= 0.3 is 138 Å². The number of nitrogens with zero attached hydrogens (tertiary/aromatic N) is 4. The molecule has 0 radical (unpaired) electrons. The Morgan fingerprint density at radius 2 is 0.655 bits per heavy atom. The van der Waals surface area contributed by atoms with Gasteiger partial charge in [-0.25, -0.2) is 18.3 Å². The molecule has 16 bridgehead atoms. The van der Waals surface area contributed by atoms with Crippen molar-refractivity contribution < 1.29 is 143 Å². The number of carbonyl (C=O) groups is 1. The molecule has 38 heteroatoms. The summed E-state index contributed by atoms with van der Waals surface area (Å²) in [6, 6.07) is 51.7. The van der Waals surface area contributed by atoms with Crippen molar-refractivity contribution in [3.05, 3.63) is 253 Å². The molecule has 5 aliphatic carbocycles. The molecular weight excluding hydrogens is 1590 g/mol. The maximum atomic E-state index is 12.9. The molecule has 110 heavy (non-hydrogen) atoms. The van der Waals surface area contributed by atoms with Gasteiger partial charge in [0.15, 0.2) is 75.8 Å². The van der Waals surface area contributed by atoms with Crippen LogP contribution < -0.4 is 28.7 Å². The van der Waals surface area contributed by atoms with Crippen molar-refractivity contribution in [2.75, 3.05) is 45.4 Å². The molecule has 0 amide bonds. The number of hydrogen-bond donors (Lipinski definition) is 1. The molecule has 8 aromatic rings. The first-order valence-electron chi connectivity index (χ1n) is 33.5. The normalized spacial score (nSPS) is 20.4. The average molecular weight is 1670 g/mol. The molecule has 4 saturated carbocycles. The van der Waals surface area contributed by atoms with Crippen molar-refractivity contribution in [3.8, 4) is 28.0 Å². The van der Waals surface area contributed by atoms with Crippen molar-refractivity contribution >= 4 is 54.0 Å². The zero-order chi connectivity index (χ0) is 81.1. The number of benzene rings is 4. The third-order valence-electron chi connectivity index (χ3n) is 17.1. The van der Waals surface area contributed by atoms with Crippen LogP contribution in [0.2, 0.25) is 0 Å². The predicted octanol–water partition coefficient (Wildman–Crippen LogP) is 25.1. The molecule has 16 aliphatic heterocycles. The van der Waals surface area contributed by atoms with Crippen LogP contribution >= 0.6 is 31.2 Å². The number of carbonyl (C=O) groups excluding carboxylic acids is 1. The van der Waals surface area contributed by atoms with Crippen LogP contribution in [0.25, 0.3) is 33.4 Å². The number of halogens is 24. The van der Waals surface area contributed by atoms with Gasteiger partial charge in [-0.15, -0.1) is 0 Å². The molecular formula is C72H75F24N5O5P4. The molecule has 20 heterocycles. The summed E-state index contributed by atoms with van der Waals surface area (Å²) in [5, 5.41) is 0. The minimum Gasteiger partial charge on any atom is -0.491 e. The number of hydrogen-bond acceptors (Lipinski definition) is 6. The Labute approximate surface area is 615 Å². The van der Waals surface area contributed by atoms with E-state index in [4.69, 9.17) is 24.7 Å². The predicted molar refractivity (Wildman–Crippen MR) is 374 cm³/mol. The van der Waals surface area contributed by atoms with Gasteiger partial charge in [-0.3, -0.25) is 4.79 Å². The van der Waals surface area contributed by atoms with E-state index < -0.39 is 31.2 Å². The SMILES string of the molecule is F[P-](F)(F)(F)(F)F.F[P-](F)(F)(F)(F)F.F[P-](F)(F)(F)(F)F.F[P-](F)(F)(F)(F)F.Nc1ccc(C2=CC=C(c3ccc(OCCOCCOCCOC(=O)C45CC6CC(CC(C6)C4)C5)cc3)CC=C2)cc1.c1cc2ccc1C[n+]1ccc(cc1)-c1cc[n+](cc1)Cc1ccc(cc1)C[n+]1ccc(cc1)-c1cc[n+](cc1)C2. The summed E-state index contributed by atoms with van der Waals surface area (Å²) < 4.78 is 268. The number of allylic oxidation sites excluding steroid dienone is 6. The first-order valence-corrected chi connectivity index (χ1v) is 41.6. The van der Waals surface area contributed by atoms with Crippen molar-refractivity contribution in [3.63, 3.8) is 0 Å². The van der Waals surface area contributed by atoms with Crippen molar-refractivity contribution in [1.29, 1.82) is 0 Å². The molecule has 4 aromatic heterocycles. The topological polar surface area (TPSA) is 95.5 Å². The molecule has 29 rings (SSSR count). The van der Waals surface area contributed by atoms with Gasteiger partial charge in [0.25, 0.3) is 0 Å². The number of esters is 1. The third kappa shape index (κ3) is 37.6. The van der Waals surface area contributed by atoms with E-state index in [0.717, 1.165) is 86.6 Å². The molecule has 10 nitrogen and oxygen atoms in total. The zero-order valence-corrected chi connectivity index (χ0v) is 61.4. The van der Waals surface area contributed by atoms with Crippen LogP contribution in [0, 0.1) is 23.2 Å². The second-order valence-electron chi connectivity index (χ2n) is 27.0. The molecule has 2 N–H and O–H groups in total. The minimum absolute atomic E-state index is 0.0229. The average Bonchev–Trinajstić information content (AvgIpc) is 0.803. The summed E-state index contributed by atoms with van der Waals surface area (Å²) >= 11 is 0. The molecule has 21 aliphatic rings. The van der Waals surface area contributed by atoms with Gasteiger partial charge in [0.05, 0.1) is 31.8 Å². The zero-order valence-electron chi connectivity index (χ0n) is 57.8. The van der Waals surface area contributed by atoms with Crippen LogP contribution in [0.3, 0.4) is 0 Å². The van der Waals surface area contributed by atoms with E-state index in [1.807, 2.05) is 24.3 Å².